The molecule has 4 aliphatic carbocycles. The maximum absolute atomic E-state index is 12.0. The summed E-state index contributed by atoms with van der Waals surface area (Å²) >= 11 is 0. The lowest BCUT2D eigenvalue weighted by atomic mass is 9.45. The number of hydrogen-bond acceptors (Lipinski definition) is 6. The van der Waals surface area contributed by atoms with Crippen LogP contribution in [0.4, 0.5) is 0 Å². The fourth-order valence-electron chi connectivity index (χ4n) is 8.48. The van der Waals surface area contributed by atoms with Gasteiger partial charge in [0.2, 0.25) is 0 Å². The van der Waals surface area contributed by atoms with Gasteiger partial charge in [-0.05, 0) is 80.5 Å². The molecule has 0 aliphatic heterocycles. The SMILES string of the molecule is CC(=O)OC[C@@H]1C[C@H]2[C@@H]3CC[C@H]4C[C@@H](OC(C)=O)CC[C@]4(C)[C@H]3CC[C@]2(C)[C@@H]1OC(C)=O. The van der Waals surface area contributed by atoms with Crippen molar-refractivity contribution in [3.63, 3.8) is 0 Å². The molecule has 6 heteroatoms. The van der Waals surface area contributed by atoms with Gasteiger partial charge >= 0.3 is 17.9 Å². The van der Waals surface area contributed by atoms with E-state index in [0.29, 0.717) is 30.3 Å². The zero-order chi connectivity index (χ0) is 23.3. The molecule has 4 fully saturated rings. The van der Waals surface area contributed by atoms with Gasteiger partial charge in [0.15, 0.2) is 0 Å². The summed E-state index contributed by atoms with van der Waals surface area (Å²) in [6.45, 7) is 9.56. The molecule has 0 aromatic rings. The molecule has 0 aromatic carbocycles. The Morgan fingerprint density at radius 3 is 2.12 bits per heavy atom. The van der Waals surface area contributed by atoms with Gasteiger partial charge in [0.1, 0.15) is 12.2 Å². The second-order valence-corrected chi connectivity index (χ2v) is 11.5. The fourth-order valence-corrected chi connectivity index (χ4v) is 8.48. The monoisotopic (exact) mass is 448 g/mol. The van der Waals surface area contributed by atoms with Crippen molar-refractivity contribution in [1.82, 2.24) is 0 Å². The fraction of sp³-hybridized carbons (Fsp3) is 0.885. The smallest absolute Gasteiger partial charge is 0.302 e. The zero-order valence-electron chi connectivity index (χ0n) is 20.4. The zero-order valence-corrected chi connectivity index (χ0v) is 20.4. The van der Waals surface area contributed by atoms with Crippen LogP contribution in [0.1, 0.15) is 86.0 Å². The van der Waals surface area contributed by atoms with Crippen LogP contribution >= 0.6 is 0 Å². The maximum Gasteiger partial charge on any atom is 0.302 e. The molecule has 32 heavy (non-hydrogen) atoms. The van der Waals surface area contributed by atoms with E-state index in [-0.39, 0.29) is 46.9 Å². The molecule has 180 valence electrons. The quantitative estimate of drug-likeness (QED) is 0.459. The number of ether oxygens (including phenoxy) is 3. The van der Waals surface area contributed by atoms with Crippen molar-refractivity contribution in [2.24, 2.45) is 40.4 Å². The summed E-state index contributed by atoms with van der Waals surface area (Å²) in [6.07, 6.45) is 8.48. The largest absolute Gasteiger partial charge is 0.465 e. The Morgan fingerprint density at radius 2 is 1.47 bits per heavy atom. The van der Waals surface area contributed by atoms with Gasteiger partial charge in [0.05, 0.1) is 6.61 Å². The summed E-state index contributed by atoms with van der Waals surface area (Å²) < 4.78 is 16.9. The Kier molecular flexibility index (Phi) is 6.36. The third-order valence-electron chi connectivity index (χ3n) is 9.82. The summed E-state index contributed by atoms with van der Waals surface area (Å²) in [5.41, 5.74) is 0.224. The molecule has 6 nitrogen and oxygen atoms in total. The van der Waals surface area contributed by atoms with Gasteiger partial charge in [-0.3, -0.25) is 14.4 Å². The van der Waals surface area contributed by atoms with Gasteiger partial charge in [-0.15, -0.1) is 0 Å². The first-order valence-electron chi connectivity index (χ1n) is 12.5. The van der Waals surface area contributed by atoms with Crippen LogP contribution in [0.15, 0.2) is 0 Å². The minimum atomic E-state index is -0.276. The average Bonchev–Trinajstić information content (AvgIpc) is 2.98. The number of fused-ring (bicyclic) bond motifs is 5. The Labute approximate surface area is 192 Å². The van der Waals surface area contributed by atoms with Gasteiger partial charge in [-0.2, -0.15) is 0 Å². The van der Waals surface area contributed by atoms with E-state index in [2.05, 4.69) is 13.8 Å². The minimum Gasteiger partial charge on any atom is -0.465 e. The first-order chi connectivity index (χ1) is 15.0. The summed E-state index contributed by atoms with van der Waals surface area (Å²) in [5.74, 6) is 1.74. The van der Waals surface area contributed by atoms with Crippen molar-refractivity contribution >= 4 is 17.9 Å². The first kappa shape index (κ1) is 23.6. The van der Waals surface area contributed by atoms with Gasteiger partial charge in [-0.25, -0.2) is 0 Å². The topological polar surface area (TPSA) is 78.9 Å². The molecule has 4 saturated carbocycles. The van der Waals surface area contributed by atoms with E-state index in [4.69, 9.17) is 14.2 Å². The summed E-state index contributed by atoms with van der Waals surface area (Å²) in [5, 5.41) is 0. The second kappa shape index (κ2) is 8.64. The van der Waals surface area contributed by atoms with E-state index in [1.165, 1.54) is 33.6 Å². The van der Waals surface area contributed by atoms with E-state index in [1.807, 2.05) is 0 Å². The van der Waals surface area contributed by atoms with Crippen molar-refractivity contribution in [2.75, 3.05) is 6.61 Å². The van der Waals surface area contributed by atoms with Crippen LogP contribution in [0, 0.1) is 40.4 Å². The van der Waals surface area contributed by atoms with E-state index in [0.717, 1.165) is 38.5 Å². The summed E-state index contributed by atoms with van der Waals surface area (Å²) in [6, 6.07) is 0. The molecule has 0 heterocycles. The minimum absolute atomic E-state index is 0.0597. The lowest BCUT2D eigenvalue weighted by Crippen LogP contribution is -2.55. The van der Waals surface area contributed by atoms with Crippen molar-refractivity contribution < 1.29 is 28.6 Å². The molecular weight excluding hydrogens is 408 g/mol. The molecule has 0 N–H and O–H groups in total. The number of rotatable bonds is 4. The number of hydrogen-bond donors (Lipinski definition) is 0. The van der Waals surface area contributed by atoms with Gasteiger partial charge in [0.25, 0.3) is 0 Å². The molecule has 0 saturated heterocycles. The highest BCUT2D eigenvalue weighted by Crippen LogP contribution is 2.67. The van der Waals surface area contributed by atoms with Crippen LogP contribution in [0.3, 0.4) is 0 Å². The van der Waals surface area contributed by atoms with E-state index in [1.54, 1.807) is 0 Å². The molecule has 0 aromatic heterocycles. The van der Waals surface area contributed by atoms with E-state index < -0.39 is 0 Å². The molecule has 0 bridgehead atoms. The molecule has 9 atom stereocenters. The number of esters is 3. The molecule has 0 spiro atoms. The molecule has 4 rings (SSSR count). The van der Waals surface area contributed by atoms with Crippen LogP contribution in [-0.4, -0.2) is 36.7 Å². The van der Waals surface area contributed by atoms with Crippen molar-refractivity contribution in [3.8, 4) is 0 Å². The van der Waals surface area contributed by atoms with Crippen molar-refractivity contribution in [1.29, 1.82) is 0 Å². The summed E-state index contributed by atoms with van der Waals surface area (Å²) in [7, 11) is 0. The highest BCUT2D eigenvalue weighted by Gasteiger charge is 2.63. The van der Waals surface area contributed by atoms with Gasteiger partial charge in [-0.1, -0.05) is 13.8 Å². The lowest BCUT2D eigenvalue weighted by Gasteiger charge is -2.60. The molecular formula is C26H40O6. The van der Waals surface area contributed by atoms with E-state index in [9.17, 15) is 14.4 Å². The molecule has 4 aliphatic rings. The van der Waals surface area contributed by atoms with Gasteiger partial charge < -0.3 is 14.2 Å². The number of carbonyl (C=O) groups excluding carboxylic acids is 3. The van der Waals surface area contributed by atoms with Crippen LogP contribution < -0.4 is 0 Å². The predicted molar refractivity (Wildman–Crippen MR) is 118 cm³/mol. The van der Waals surface area contributed by atoms with E-state index >= 15 is 0 Å². The Balaban J connectivity index is 1.54. The molecule has 0 unspecified atom stereocenters. The van der Waals surface area contributed by atoms with Gasteiger partial charge in [0, 0.05) is 32.1 Å². The maximum atomic E-state index is 12.0. The summed E-state index contributed by atoms with van der Waals surface area (Å²) in [4.78, 5) is 34.9. The third kappa shape index (κ3) is 4.07. The first-order valence-corrected chi connectivity index (χ1v) is 12.5. The van der Waals surface area contributed by atoms with Crippen LogP contribution in [0.2, 0.25) is 0 Å². The van der Waals surface area contributed by atoms with Crippen LogP contribution in [-0.2, 0) is 28.6 Å². The highest BCUT2D eigenvalue weighted by molar-refractivity contribution is 5.67. The molecule has 0 radical (unpaired) electrons. The third-order valence-corrected chi connectivity index (χ3v) is 9.82. The van der Waals surface area contributed by atoms with Crippen molar-refractivity contribution in [3.05, 3.63) is 0 Å². The number of carbonyl (C=O) groups is 3. The normalized spacial score (nSPS) is 45.1. The van der Waals surface area contributed by atoms with Crippen LogP contribution in [0.25, 0.3) is 0 Å². The lowest BCUT2D eigenvalue weighted by molar-refractivity contribution is -0.170. The average molecular weight is 449 g/mol. The highest BCUT2D eigenvalue weighted by atomic mass is 16.6. The predicted octanol–water partition coefficient (Wildman–Crippen LogP) is 4.68. The molecule has 0 amide bonds. The Bertz CT molecular complexity index is 763. The van der Waals surface area contributed by atoms with Crippen molar-refractivity contribution in [2.45, 2.75) is 98.2 Å². The Morgan fingerprint density at radius 1 is 0.781 bits per heavy atom. The standard InChI is InChI=1S/C26H40O6/c1-15(27)30-14-18-12-23-21-7-6-19-13-20(31-16(2)28)8-10-25(19,4)22(21)9-11-26(23,5)24(18)32-17(3)29/h18-24H,6-14H2,1-5H3/t18-,19-,20-,21+,22-,23-,24+,25-,26-/m0/s1. The Hall–Kier alpha value is -1.59. The van der Waals surface area contributed by atoms with Crippen LogP contribution in [0.5, 0.6) is 0 Å². The second-order valence-electron chi connectivity index (χ2n) is 11.5.